The minimum absolute atomic E-state index is 0.0136. The third-order valence-corrected chi connectivity index (χ3v) is 7.80. The number of hydrogen-bond donors (Lipinski definition) is 2. The van der Waals surface area contributed by atoms with Gasteiger partial charge in [0, 0.05) is 52.1 Å². The van der Waals surface area contributed by atoms with Crippen LogP contribution in [0.5, 0.6) is 0 Å². The molecule has 1 aliphatic heterocycles. The van der Waals surface area contributed by atoms with Crippen LogP contribution < -0.4 is 10.2 Å². The number of carbonyl (C=O) groups excluding carboxylic acids is 2. The molecule has 6 rings (SSSR count). The Morgan fingerprint density at radius 3 is 2.65 bits per heavy atom. The van der Waals surface area contributed by atoms with E-state index < -0.39 is 0 Å². The van der Waals surface area contributed by atoms with Crippen molar-refractivity contribution in [2.75, 3.05) is 24.6 Å². The number of rotatable bonds is 6. The van der Waals surface area contributed by atoms with Gasteiger partial charge in [-0.3, -0.25) is 9.69 Å². The van der Waals surface area contributed by atoms with Gasteiger partial charge in [-0.05, 0) is 68.1 Å². The summed E-state index contributed by atoms with van der Waals surface area (Å²) in [5, 5.41) is 8.93. The normalized spacial score (nSPS) is 14.5. The van der Waals surface area contributed by atoms with Crippen LogP contribution in [-0.4, -0.2) is 41.8 Å². The van der Waals surface area contributed by atoms with Crippen LogP contribution in [0.3, 0.4) is 0 Å². The third kappa shape index (κ3) is 4.20. The van der Waals surface area contributed by atoms with E-state index in [9.17, 15) is 9.59 Å². The van der Waals surface area contributed by atoms with Crippen molar-refractivity contribution in [3.8, 4) is 11.1 Å². The standard InChI is InChI=1S/C32H32N4O4/c1-5-33-31(37)25-17-24(28-19(3)35-40-20(28)4)27(18(2)21-10-7-6-8-11-21)30-29(25)23-16-22(12-13-26(23)34-30)36-14-9-15-39-32(36)38/h6-8,10-13,16-18,34H,5,9,14-15H2,1-4H3,(H,33,37). The maximum Gasteiger partial charge on any atom is 0.414 e. The Hall–Kier alpha value is -4.59. The lowest BCUT2D eigenvalue weighted by molar-refractivity contribution is 0.0957. The molecule has 0 radical (unpaired) electrons. The monoisotopic (exact) mass is 536 g/mol. The quantitative estimate of drug-likeness (QED) is 0.247. The van der Waals surface area contributed by atoms with Crippen molar-refractivity contribution in [3.63, 3.8) is 0 Å². The van der Waals surface area contributed by atoms with Gasteiger partial charge in [0.25, 0.3) is 5.91 Å². The molecule has 2 N–H and O–H groups in total. The average Bonchev–Trinajstić information content (AvgIpc) is 3.51. The minimum Gasteiger partial charge on any atom is -0.449 e. The van der Waals surface area contributed by atoms with Crippen LogP contribution in [-0.2, 0) is 4.74 Å². The zero-order valence-electron chi connectivity index (χ0n) is 23.1. The van der Waals surface area contributed by atoms with Gasteiger partial charge in [-0.2, -0.15) is 0 Å². The summed E-state index contributed by atoms with van der Waals surface area (Å²) in [5.74, 6) is 0.519. The zero-order chi connectivity index (χ0) is 28.0. The third-order valence-electron chi connectivity index (χ3n) is 7.80. The molecule has 8 nitrogen and oxygen atoms in total. The number of hydrogen-bond acceptors (Lipinski definition) is 5. The van der Waals surface area contributed by atoms with Crippen molar-refractivity contribution in [3.05, 3.63) is 82.7 Å². The van der Waals surface area contributed by atoms with Gasteiger partial charge in [0.05, 0.1) is 17.8 Å². The van der Waals surface area contributed by atoms with Crippen LogP contribution in [0.4, 0.5) is 10.5 Å². The number of aromatic nitrogens is 2. The summed E-state index contributed by atoms with van der Waals surface area (Å²) < 4.78 is 10.9. The lowest BCUT2D eigenvalue weighted by Crippen LogP contribution is -2.37. The molecule has 0 spiro atoms. The number of benzene rings is 3. The van der Waals surface area contributed by atoms with E-state index >= 15 is 0 Å². The van der Waals surface area contributed by atoms with E-state index in [-0.39, 0.29) is 17.9 Å². The number of amides is 2. The summed E-state index contributed by atoms with van der Waals surface area (Å²) in [5.41, 5.74) is 7.83. The van der Waals surface area contributed by atoms with Gasteiger partial charge < -0.3 is 19.6 Å². The van der Waals surface area contributed by atoms with E-state index in [1.807, 2.05) is 63.2 Å². The fourth-order valence-corrected chi connectivity index (χ4v) is 5.91. The molecule has 2 aromatic heterocycles. The van der Waals surface area contributed by atoms with E-state index in [1.54, 1.807) is 4.90 Å². The highest BCUT2D eigenvalue weighted by Crippen LogP contribution is 2.44. The first-order chi connectivity index (χ1) is 19.4. The second-order valence-electron chi connectivity index (χ2n) is 10.3. The zero-order valence-corrected chi connectivity index (χ0v) is 23.1. The van der Waals surface area contributed by atoms with Crippen molar-refractivity contribution in [1.82, 2.24) is 15.5 Å². The SMILES string of the molecule is CCNC(=O)c1cc(-c2c(C)noc2C)c(C(C)c2ccccc2)c2[nH]c3ccc(N4CCCOC4=O)cc3c12. The summed E-state index contributed by atoms with van der Waals surface area (Å²) in [4.78, 5) is 31.5. The van der Waals surface area contributed by atoms with E-state index in [2.05, 4.69) is 34.5 Å². The number of nitrogens with one attached hydrogen (secondary N) is 2. The molecule has 1 unspecified atom stereocenters. The van der Waals surface area contributed by atoms with Crippen molar-refractivity contribution in [1.29, 1.82) is 0 Å². The van der Waals surface area contributed by atoms with Gasteiger partial charge >= 0.3 is 6.09 Å². The van der Waals surface area contributed by atoms with Crippen molar-refractivity contribution >= 4 is 39.5 Å². The molecule has 1 atom stereocenters. The molecule has 1 fully saturated rings. The predicted octanol–water partition coefficient (Wildman–Crippen LogP) is 6.84. The molecule has 1 aliphatic rings. The van der Waals surface area contributed by atoms with Gasteiger partial charge in [-0.1, -0.05) is 42.4 Å². The fourth-order valence-electron chi connectivity index (χ4n) is 5.91. The van der Waals surface area contributed by atoms with E-state index in [1.165, 1.54) is 0 Å². The molecule has 0 saturated carbocycles. The highest BCUT2D eigenvalue weighted by molar-refractivity contribution is 6.20. The molecule has 5 aromatic rings. The number of carbonyl (C=O) groups is 2. The van der Waals surface area contributed by atoms with Gasteiger partial charge in [0.15, 0.2) is 0 Å². The van der Waals surface area contributed by atoms with Gasteiger partial charge in [-0.25, -0.2) is 4.79 Å². The van der Waals surface area contributed by atoms with E-state index in [0.29, 0.717) is 31.0 Å². The maximum absolute atomic E-state index is 13.6. The summed E-state index contributed by atoms with van der Waals surface area (Å²) >= 11 is 0. The van der Waals surface area contributed by atoms with Crippen molar-refractivity contribution in [2.45, 2.75) is 40.0 Å². The van der Waals surface area contributed by atoms with Gasteiger partial charge in [-0.15, -0.1) is 0 Å². The average molecular weight is 537 g/mol. The number of aromatic amines is 1. The van der Waals surface area contributed by atoms with Crippen LogP contribution in [0.2, 0.25) is 0 Å². The van der Waals surface area contributed by atoms with E-state index in [4.69, 9.17) is 9.26 Å². The topological polar surface area (TPSA) is 100 Å². The molecule has 3 aromatic carbocycles. The largest absolute Gasteiger partial charge is 0.449 e. The first-order valence-corrected chi connectivity index (χ1v) is 13.7. The Kier molecular flexibility index (Phi) is 6.54. The van der Waals surface area contributed by atoms with Crippen LogP contribution >= 0.6 is 0 Å². The number of ether oxygens (including phenoxy) is 1. The molecule has 0 aliphatic carbocycles. The Bertz CT molecular complexity index is 1730. The lowest BCUT2D eigenvalue weighted by Gasteiger charge is -2.26. The molecule has 204 valence electrons. The van der Waals surface area contributed by atoms with E-state index in [0.717, 1.165) is 61.9 Å². The molecule has 1 saturated heterocycles. The second-order valence-corrected chi connectivity index (χ2v) is 10.3. The smallest absolute Gasteiger partial charge is 0.414 e. The number of anilines is 1. The summed E-state index contributed by atoms with van der Waals surface area (Å²) in [6.07, 6.45) is 0.412. The van der Waals surface area contributed by atoms with Crippen molar-refractivity contribution in [2.24, 2.45) is 0 Å². The predicted molar refractivity (Wildman–Crippen MR) is 156 cm³/mol. The summed E-state index contributed by atoms with van der Waals surface area (Å²) in [6, 6.07) is 18.2. The first kappa shape index (κ1) is 25.7. The van der Waals surface area contributed by atoms with Crippen LogP contribution in [0.1, 0.15) is 59.1 Å². The Labute approximate surface area is 232 Å². The minimum atomic E-state index is -0.353. The van der Waals surface area contributed by atoms with Crippen molar-refractivity contribution < 1.29 is 18.8 Å². The van der Waals surface area contributed by atoms with Crippen LogP contribution in [0.15, 0.2) is 59.1 Å². The molecule has 3 heterocycles. The number of aryl methyl sites for hydroxylation is 2. The summed E-state index contributed by atoms with van der Waals surface area (Å²) in [7, 11) is 0. The molecule has 0 bridgehead atoms. The first-order valence-electron chi connectivity index (χ1n) is 13.7. The second kappa shape index (κ2) is 10.2. The molecule has 2 amide bonds. The van der Waals surface area contributed by atoms with Gasteiger partial charge in [0.1, 0.15) is 5.76 Å². The van der Waals surface area contributed by atoms with Crippen LogP contribution in [0, 0.1) is 13.8 Å². The molecule has 40 heavy (non-hydrogen) atoms. The molecular formula is C32H32N4O4. The summed E-state index contributed by atoms with van der Waals surface area (Å²) in [6.45, 7) is 9.42. The number of H-pyrrole nitrogens is 1. The fraction of sp³-hybridized carbons (Fsp3) is 0.281. The number of nitrogens with zero attached hydrogens (tertiary/aromatic N) is 2. The lowest BCUT2D eigenvalue weighted by atomic mass is 9.83. The van der Waals surface area contributed by atoms with Crippen LogP contribution in [0.25, 0.3) is 32.9 Å². The Balaban J connectivity index is 1.71. The highest BCUT2D eigenvalue weighted by Gasteiger charge is 2.28. The highest BCUT2D eigenvalue weighted by atomic mass is 16.6. The molecular weight excluding hydrogens is 504 g/mol. The molecule has 8 heteroatoms. The number of fused-ring (bicyclic) bond motifs is 3. The number of cyclic esters (lactones) is 1. The van der Waals surface area contributed by atoms with Gasteiger partial charge in [0.2, 0.25) is 0 Å². The Morgan fingerprint density at radius 1 is 1.15 bits per heavy atom. The maximum atomic E-state index is 13.6. The Morgan fingerprint density at radius 2 is 1.95 bits per heavy atom.